The van der Waals surface area contributed by atoms with E-state index in [4.69, 9.17) is 5.84 Å². The number of nitrogens with one attached hydrogen (secondary N) is 1. The first-order valence-corrected chi connectivity index (χ1v) is 4.52. The van der Waals surface area contributed by atoms with Crippen molar-refractivity contribution in [2.45, 2.75) is 46.6 Å². The fourth-order valence-corrected chi connectivity index (χ4v) is 1.37. The molecule has 0 spiro atoms. The predicted molar refractivity (Wildman–Crippen MR) is 50.0 cm³/mol. The molecule has 0 radical (unpaired) electrons. The smallest absolute Gasteiger partial charge is 0.0215 e. The van der Waals surface area contributed by atoms with Crippen LogP contribution in [0.15, 0.2) is 0 Å². The molecule has 0 unspecified atom stereocenters. The lowest BCUT2D eigenvalue weighted by Gasteiger charge is -2.19. The molecule has 0 saturated heterocycles. The van der Waals surface area contributed by atoms with E-state index in [1.165, 1.54) is 12.8 Å². The third kappa shape index (κ3) is 6.32. The zero-order valence-electron chi connectivity index (χ0n) is 8.22. The molecular formula is C9H22N2. The maximum atomic E-state index is 5.42. The molecule has 2 nitrogen and oxygen atoms in total. The van der Waals surface area contributed by atoms with Crippen molar-refractivity contribution in [2.24, 2.45) is 17.7 Å². The molecule has 0 aliphatic carbocycles. The van der Waals surface area contributed by atoms with Gasteiger partial charge in [0.05, 0.1) is 0 Å². The summed E-state index contributed by atoms with van der Waals surface area (Å²) in [4.78, 5) is 0. The third-order valence-electron chi connectivity index (χ3n) is 1.75. The molecule has 0 aromatic carbocycles. The SMILES string of the molecule is CC(C)CC(CC(C)C)NN. The summed E-state index contributed by atoms with van der Waals surface area (Å²) in [5.74, 6) is 6.88. The highest BCUT2D eigenvalue weighted by Gasteiger charge is 2.09. The Balaban J connectivity index is 3.58. The Morgan fingerprint density at radius 2 is 1.36 bits per heavy atom. The number of nitrogens with two attached hydrogens (primary N) is 1. The van der Waals surface area contributed by atoms with Gasteiger partial charge in [-0.15, -0.1) is 0 Å². The number of rotatable bonds is 5. The summed E-state index contributed by atoms with van der Waals surface area (Å²) in [6.45, 7) is 8.91. The molecule has 0 aliphatic heterocycles. The van der Waals surface area contributed by atoms with E-state index in [1.54, 1.807) is 0 Å². The summed E-state index contributed by atoms with van der Waals surface area (Å²) in [7, 11) is 0. The maximum Gasteiger partial charge on any atom is 0.0215 e. The summed E-state index contributed by atoms with van der Waals surface area (Å²) in [6, 6.07) is 0.495. The van der Waals surface area contributed by atoms with Crippen LogP contribution in [0.5, 0.6) is 0 Å². The third-order valence-corrected chi connectivity index (χ3v) is 1.75. The van der Waals surface area contributed by atoms with Gasteiger partial charge in [0.25, 0.3) is 0 Å². The van der Waals surface area contributed by atoms with Gasteiger partial charge in [-0.1, -0.05) is 27.7 Å². The van der Waals surface area contributed by atoms with Crippen molar-refractivity contribution in [1.29, 1.82) is 0 Å². The topological polar surface area (TPSA) is 38.0 Å². The van der Waals surface area contributed by atoms with Crippen LogP contribution < -0.4 is 11.3 Å². The molecule has 0 bridgehead atoms. The van der Waals surface area contributed by atoms with Crippen LogP contribution >= 0.6 is 0 Å². The number of hydrogen-bond acceptors (Lipinski definition) is 2. The van der Waals surface area contributed by atoms with Crippen molar-refractivity contribution in [3.63, 3.8) is 0 Å². The van der Waals surface area contributed by atoms with Crippen LogP contribution in [0.25, 0.3) is 0 Å². The predicted octanol–water partition coefficient (Wildman–Crippen LogP) is 1.91. The Morgan fingerprint density at radius 1 is 1.00 bits per heavy atom. The van der Waals surface area contributed by atoms with Gasteiger partial charge in [0.1, 0.15) is 0 Å². The monoisotopic (exact) mass is 158 g/mol. The molecule has 11 heavy (non-hydrogen) atoms. The van der Waals surface area contributed by atoms with E-state index in [0.29, 0.717) is 6.04 Å². The Morgan fingerprint density at radius 3 is 1.55 bits per heavy atom. The second-order valence-corrected chi connectivity index (χ2v) is 4.12. The molecule has 2 heteroatoms. The van der Waals surface area contributed by atoms with E-state index >= 15 is 0 Å². The van der Waals surface area contributed by atoms with E-state index in [1.807, 2.05) is 0 Å². The number of hydrogen-bond donors (Lipinski definition) is 2. The van der Waals surface area contributed by atoms with E-state index in [-0.39, 0.29) is 0 Å². The fourth-order valence-electron chi connectivity index (χ4n) is 1.37. The van der Waals surface area contributed by atoms with Crippen molar-refractivity contribution in [3.8, 4) is 0 Å². The van der Waals surface area contributed by atoms with Crippen LogP contribution in [-0.4, -0.2) is 6.04 Å². The molecule has 3 N–H and O–H groups in total. The van der Waals surface area contributed by atoms with E-state index in [9.17, 15) is 0 Å². The van der Waals surface area contributed by atoms with Gasteiger partial charge >= 0.3 is 0 Å². The highest BCUT2D eigenvalue weighted by molar-refractivity contribution is 4.66. The first kappa shape index (κ1) is 10.9. The van der Waals surface area contributed by atoms with Crippen molar-refractivity contribution in [3.05, 3.63) is 0 Å². The molecule has 0 heterocycles. The quantitative estimate of drug-likeness (QED) is 0.474. The maximum absolute atomic E-state index is 5.42. The Kier molecular flexibility index (Phi) is 5.51. The van der Waals surface area contributed by atoms with Crippen LogP contribution in [0, 0.1) is 11.8 Å². The van der Waals surface area contributed by atoms with Gasteiger partial charge in [-0.05, 0) is 24.7 Å². The molecule has 0 rings (SSSR count). The van der Waals surface area contributed by atoms with Gasteiger partial charge in [-0.3, -0.25) is 11.3 Å². The van der Waals surface area contributed by atoms with Gasteiger partial charge in [-0.25, -0.2) is 0 Å². The first-order chi connectivity index (χ1) is 5.06. The van der Waals surface area contributed by atoms with Gasteiger partial charge in [0.15, 0.2) is 0 Å². The molecule has 0 saturated carbocycles. The summed E-state index contributed by atoms with van der Waals surface area (Å²) in [6.07, 6.45) is 2.35. The summed E-state index contributed by atoms with van der Waals surface area (Å²) < 4.78 is 0. The van der Waals surface area contributed by atoms with Gasteiger partial charge in [0.2, 0.25) is 0 Å². The van der Waals surface area contributed by atoms with E-state index in [2.05, 4.69) is 33.1 Å². The summed E-state index contributed by atoms with van der Waals surface area (Å²) in [5.41, 5.74) is 2.86. The average Bonchev–Trinajstić information content (AvgIpc) is 1.84. The molecule has 0 amide bonds. The first-order valence-electron chi connectivity index (χ1n) is 4.52. The van der Waals surface area contributed by atoms with Crippen molar-refractivity contribution >= 4 is 0 Å². The van der Waals surface area contributed by atoms with Crippen LogP contribution in [0.4, 0.5) is 0 Å². The minimum atomic E-state index is 0.495. The Hall–Kier alpha value is -0.0800. The second-order valence-electron chi connectivity index (χ2n) is 4.12. The minimum Gasteiger partial charge on any atom is -0.271 e. The molecule has 0 aromatic heterocycles. The zero-order chi connectivity index (χ0) is 8.85. The van der Waals surface area contributed by atoms with Crippen LogP contribution in [0.2, 0.25) is 0 Å². The van der Waals surface area contributed by atoms with Crippen LogP contribution in [-0.2, 0) is 0 Å². The Labute approximate surface area is 70.5 Å². The molecule has 0 atom stereocenters. The van der Waals surface area contributed by atoms with Crippen molar-refractivity contribution in [1.82, 2.24) is 5.43 Å². The normalized spacial score (nSPS) is 12.0. The lowest BCUT2D eigenvalue weighted by molar-refractivity contribution is 0.364. The molecule has 0 aliphatic rings. The van der Waals surface area contributed by atoms with Gasteiger partial charge < -0.3 is 0 Å². The van der Waals surface area contributed by atoms with Gasteiger partial charge in [-0.2, -0.15) is 0 Å². The molecule has 0 aromatic rings. The molecular weight excluding hydrogens is 136 g/mol. The minimum absolute atomic E-state index is 0.495. The largest absolute Gasteiger partial charge is 0.271 e. The van der Waals surface area contributed by atoms with Crippen molar-refractivity contribution in [2.75, 3.05) is 0 Å². The highest BCUT2D eigenvalue weighted by atomic mass is 15.2. The van der Waals surface area contributed by atoms with Crippen LogP contribution in [0.1, 0.15) is 40.5 Å². The zero-order valence-corrected chi connectivity index (χ0v) is 8.22. The Bertz CT molecular complexity index is 79.6. The second kappa shape index (κ2) is 5.56. The molecule has 0 fully saturated rings. The standard InChI is InChI=1S/C9H22N2/c1-7(2)5-9(11-10)6-8(3)4/h7-9,11H,5-6,10H2,1-4H3. The lowest BCUT2D eigenvalue weighted by atomic mass is 9.96. The highest BCUT2D eigenvalue weighted by Crippen LogP contribution is 2.11. The fraction of sp³-hybridized carbons (Fsp3) is 1.00. The molecule has 68 valence electrons. The summed E-state index contributed by atoms with van der Waals surface area (Å²) >= 11 is 0. The van der Waals surface area contributed by atoms with Crippen molar-refractivity contribution < 1.29 is 0 Å². The van der Waals surface area contributed by atoms with Gasteiger partial charge in [0, 0.05) is 6.04 Å². The lowest BCUT2D eigenvalue weighted by Crippen LogP contribution is -2.37. The van der Waals surface area contributed by atoms with Crippen LogP contribution in [0.3, 0.4) is 0 Å². The average molecular weight is 158 g/mol. The van der Waals surface area contributed by atoms with E-state index < -0.39 is 0 Å². The number of hydrazine groups is 1. The van der Waals surface area contributed by atoms with E-state index in [0.717, 1.165) is 11.8 Å². The summed E-state index contributed by atoms with van der Waals surface area (Å²) in [5, 5.41) is 0.